The lowest BCUT2D eigenvalue weighted by molar-refractivity contribution is 0.102. The van der Waals surface area contributed by atoms with Gasteiger partial charge in [-0.3, -0.25) is 4.79 Å². The van der Waals surface area contributed by atoms with Gasteiger partial charge >= 0.3 is 0 Å². The fourth-order valence-electron chi connectivity index (χ4n) is 1.93. The number of carbonyl (C=O) groups is 1. The number of nitrogens with zero attached hydrogens (tertiary/aromatic N) is 1. The summed E-state index contributed by atoms with van der Waals surface area (Å²) < 4.78 is 53.0. The molecule has 2 aromatic rings. The summed E-state index contributed by atoms with van der Waals surface area (Å²) in [5.74, 6) is -8.58. The maximum absolute atomic E-state index is 13.7. The van der Waals surface area contributed by atoms with Crippen molar-refractivity contribution < 1.29 is 22.4 Å². The number of carbonyl (C=O) groups excluding carboxylic acids is 1. The molecule has 0 saturated heterocycles. The van der Waals surface area contributed by atoms with E-state index >= 15 is 0 Å². The molecule has 8 heteroatoms. The van der Waals surface area contributed by atoms with Crippen molar-refractivity contribution in [3.05, 3.63) is 58.1 Å². The molecule has 0 saturated carbocycles. The molecule has 23 heavy (non-hydrogen) atoms. The van der Waals surface area contributed by atoms with Crippen LogP contribution in [-0.4, -0.2) is 20.0 Å². The van der Waals surface area contributed by atoms with E-state index in [1.165, 1.54) is 6.07 Å². The van der Waals surface area contributed by atoms with Crippen LogP contribution < -0.4 is 10.2 Å². The van der Waals surface area contributed by atoms with E-state index in [-0.39, 0.29) is 5.69 Å². The molecule has 0 radical (unpaired) electrons. The van der Waals surface area contributed by atoms with Crippen molar-refractivity contribution in [2.45, 2.75) is 0 Å². The lowest BCUT2D eigenvalue weighted by Crippen LogP contribution is -2.19. The van der Waals surface area contributed by atoms with Gasteiger partial charge in [0, 0.05) is 19.1 Å². The minimum atomic E-state index is -2.05. The number of halogens is 5. The topological polar surface area (TPSA) is 32.3 Å². The number of nitrogens with one attached hydrogen (secondary N) is 1. The summed E-state index contributed by atoms with van der Waals surface area (Å²) in [5, 5.41) is 2.60. The molecule has 1 amide bonds. The van der Waals surface area contributed by atoms with Crippen LogP contribution >= 0.6 is 11.6 Å². The Morgan fingerprint density at radius 3 is 2.30 bits per heavy atom. The normalized spacial score (nSPS) is 10.6. The largest absolute Gasteiger partial charge is 0.376 e. The van der Waals surface area contributed by atoms with Crippen LogP contribution in [0.25, 0.3) is 0 Å². The number of amides is 1. The molecule has 2 aromatic carbocycles. The molecule has 0 atom stereocenters. The summed E-state index contributed by atoms with van der Waals surface area (Å²) >= 11 is 5.84. The number of benzene rings is 2. The number of anilines is 2. The predicted octanol–water partition coefficient (Wildman–Crippen LogP) is 4.21. The number of hydrogen-bond donors (Lipinski definition) is 1. The van der Waals surface area contributed by atoms with Gasteiger partial charge in [-0.15, -0.1) is 0 Å². The fourth-order valence-corrected chi connectivity index (χ4v) is 2.10. The first-order valence-electron chi connectivity index (χ1n) is 6.33. The Bertz CT molecular complexity index is 781. The Labute approximate surface area is 134 Å². The lowest BCUT2D eigenvalue weighted by Gasteiger charge is -2.18. The van der Waals surface area contributed by atoms with E-state index in [9.17, 15) is 22.4 Å². The predicted molar refractivity (Wildman–Crippen MR) is 80.0 cm³/mol. The Balaban J connectivity index is 2.43. The molecule has 0 aromatic heterocycles. The number of hydrogen-bond acceptors (Lipinski definition) is 2. The fraction of sp³-hybridized carbons (Fsp3) is 0.133. The molecule has 0 aliphatic carbocycles. The molecular weight excluding hydrogens is 336 g/mol. The zero-order valence-corrected chi connectivity index (χ0v) is 12.8. The highest BCUT2D eigenvalue weighted by atomic mass is 35.5. The Hall–Kier alpha value is -2.28. The van der Waals surface area contributed by atoms with Crippen LogP contribution in [0.15, 0.2) is 24.3 Å². The van der Waals surface area contributed by atoms with Crippen molar-refractivity contribution in [3.8, 4) is 0 Å². The quantitative estimate of drug-likeness (QED) is 0.513. The highest BCUT2D eigenvalue weighted by molar-refractivity contribution is 6.31. The standard InChI is InChI=1S/C15H11ClF4N2O/c1-22(2)11-4-3-7(16)5-10(11)21-15(23)8-6-9(17)13(19)14(20)12(8)18/h3-6H,1-2H3,(H,21,23). The Kier molecular flexibility index (Phi) is 4.79. The third kappa shape index (κ3) is 3.39. The van der Waals surface area contributed by atoms with Gasteiger partial charge in [-0.25, -0.2) is 17.6 Å². The van der Waals surface area contributed by atoms with Crippen LogP contribution in [0.1, 0.15) is 10.4 Å². The summed E-state index contributed by atoms with van der Waals surface area (Å²) in [4.78, 5) is 13.7. The van der Waals surface area contributed by atoms with E-state index in [1.54, 1.807) is 31.1 Å². The van der Waals surface area contributed by atoms with Gasteiger partial charge < -0.3 is 10.2 Å². The average Bonchev–Trinajstić information content (AvgIpc) is 2.48. The average molecular weight is 347 g/mol. The molecule has 0 aliphatic heterocycles. The number of rotatable bonds is 3. The molecular formula is C15H11ClF4N2O. The molecule has 122 valence electrons. The molecule has 2 rings (SSSR count). The first kappa shape index (κ1) is 17.1. The Morgan fingerprint density at radius 2 is 1.70 bits per heavy atom. The summed E-state index contributed by atoms with van der Waals surface area (Å²) in [5.41, 5.74) is -0.214. The first-order chi connectivity index (χ1) is 10.7. The molecule has 0 aliphatic rings. The summed E-state index contributed by atoms with van der Waals surface area (Å²) in [6.07, 6.45) is 0. The van der Waals surface area contributed by atoms with Gasteiger partial charge in [0.2, 0.25) is 0 Å². The van der Waals surface area contributed by atoms with E-state index < -0.39 is 34.7 Å². The Morgan fingerprint density at radius 1 is 1.04 bits per heavy atom. The monoisotopic (exact) mass is 346 g/mol. The van der Waals surface area contributed by atoms with Crippen molar-refractivity contribution in [1.82, 2.24) is 0 Å². The van der Waals surface area contributed by atoms with E-state index in [1.807, 2.05) is 0 Å². The molecule has 0 heterocycles. The van der Waals surface area contributed by atoms with E-state index in [4.69, 9.17) is 11.6 Å². The molecule has 0 bridgehead atoms. The zero-order valence-electron chi connectivity index (χ0n) is 12.1. The minimum absolute atomic E-state index is 0.206. The second-order valence-corrected chi connectivity index (χ2v) is 5.29. The SMILES string of the molecule is CN(C)c1ccc(Cl)cc1NC(=O)c1cc(F)c(F)c(F)c1F. The molecule has 0 spiro atoms. The van der Waals surface area contributed by atoms with Crippen LogP contribution in [-0.2, 0) is 0 Å². The van der Waals surface area contributed by atoms with Crippen LogP contribution in [0.3, 0.4) is 0 Å². The van der Waals surface area contributed by atoms with Gasteiger partial charge in [-0.2, -0.15) is 0 Å². The molecule has 3 nitrogen and oxygen atoms in total. The van der Waals surface area contributed by atoms with Gasteiger partial charge in [-0.1, -0.05) is 11.6 Å². The van der Waals surface area contributed by atoms with Crippen molar-refractivity contribution in [2.24, 2.45) is 0 Å². The van der Waals surface area contributed by atoms with E-state index in [0.717, 1.165) is 0 Å². The highest BCUT2D eigenvalue weighted by Crippen LogP contribution is 2.29. The molecule has 0 unspecified atom stereocenters. The maximum atomic E-state index is 13.7. The molecule has 0 fully saturated rings. The second kappa shape index (κ2) is 6.45. The molecule has 1 N–H and O–H groups in total. The van der Waals surface area contributed by atoms with Crippen molar-refractivity contribution in [2.75, 3.05) is 24.3 Å². The van der Waals surface area contributed by atoms with Gasteiger partial charge in [0.05, 0.1) is 16.9 Å². The van der Waals surface area contributed by atoms with Crippen molar-refractivity contribution in [3.63, 3.8) is 0 Å². The van der Waals surface area contributed by atoms with Crippen molar-refractivity contribution >= 4 is 28.9 Å². The van der Waals surface area contributed by atoms with Crippen molar-refractivity contribution in [1.29, 1.82) is 0 Å². The first-order valence-corrected chi connectivity index (χ1v) is 6.71. The summed E-state index contributed by atoms with van der Waals surface area (Å²) in [6, 6.07) is 4.86. The zero-order chi connectivity index (χ0) is 17.3. The smallest absolute Gasteiger partial charge is 0.258 e. The minimum Gasteiger partial charge on any atom is -0.376 e. The third-order valence-electron chi connectivity index (χ3n) is 3.04. The van der Waals surface area contributed by atoms with Gasteiger partial charge in [0.15, 0.2) is 23.3 Å². The van der Waals surface area contributed by atoms with Crippen LogP contribution in [0, 0.1) is 23.3 Å². The maximum Gasteiger partial charge on any atom is 0.258 e. The highest BCUT2D eigenvalue weighted by Gasteiger charge is 2.23. The van der Waals surface area contributed by atoms with E-state index in [0.29, 0.717) is 16.8 Å². The van der Waals surface area contributed by atoms with Gasteiger partial charge in [-0.05, 0) is 24.3 Å². The third-order valence-corrected chi connectivity index (χ3v) is 3.27. The van der Waals surface area contributed by atoms with Crippen LogP contribution in [0.4, 0.5) is 28.9 Å². The lowest BCUT2D eigenvalue weighted by atomic mass is 10.1. The summed E-state index contributed by atoms with van der Waals surface area (Å²) in [7, 11) is 3.38. The van der Waals surface area contributed by atoms with Gasteiger partial charge in [0.25, 0.3) is 5.91 Å². The second-order valence-electron chi connectivity index (χ2n) is 4.86. The summed E-state index contributed by atoms with van der Waals surface area (Å²) in [6.45, 7) is 0. The van der Waals surface area contributed by atoms with Gasteiger partial charge in [0.1, 0.15) is 0 Å². The van der Waals surface area contributed by atoms with E-state index in [2.05, 4.69) is 5.32 Å². The van der Waals surface area contributed by atoms with Crippen LogP contribution in [0.5, 0.6) is 0 Å². The van der Waals surface area contributed by atoms with Crippen LogP contribution in [0.2, 0.25) is 5.02 Å².